The van der Waals surface area contributed by atoms with Crippen LogP contribution in [0.1, 0.15) is 22.3 Å². The van der Waals surface area contributed by atoms with Gasteiger partial charge in [-0.2, -0.15) is 0 Å². The Balaban J connectivity index is 1.39. The van der Waals surface area contributed by atoms with Crippen LogP contribution in [0.15, 0.2) is 103 Å². The molecule has 8 heteroatoms. The number of benzene rings is 4. The van der Waals surface area contributed by atoms with Crippen molar-refractivity contribution in [2.24, 2.45) is 0 Å². The van der Waals surface area contributed by atoms with E-state index in [9.17, 15) is 14.4 Å². The van der Waals surface area contributed by atoms with E-state index in [1.807, 2.05) is 81.4 Å². The van der Waals surface area contributed by atoms with Crippen molar-refractivity contribution < 1.29 is 19.1 Å². The SMILES string of the molecule is Cc1ccc(N2C(=O)/C(=C/c3ccc(OCC(=O)Nc4ccccc4C)cc3)C(=O)N(c3ccccc3)C2=S)cc1C. The summed E-state index contributed by atoms with van der Waals surface area (Å²) in [6.07, 6.45) is 1.55. The normalized spacial score (nSPS) is 14.4. The molecule has 0 atom stereocenters. The van der Waals surface area contributed by atoms with E-state index in [0.29, 0.717) is 22.7 Å². The predicted octanol–water partition coefficient (Wildman–Crippen LogP) is 6.38. The van der Waals surface area contributed by atoms with Crippen molar-refractivity contribution in [1.29, 1.82) is 0 Å². The molecular formula is C34H29N3O4S. The number of carbonyl (C=O) groups excluding carboxylic acids is 3. The fourth-order valence-electron chi connectivity index (χ4n) is 4.50. The highest BCUT2D eigenvalue weighted by molar-refractivity contribution is 7.81. The maximum atomic E-state index is 13.8. The van der Waals surface area contributed by atoms with Crippen LogP contribution < -0.4 is 19.9 Å². The molecule has 1 aliphatic heterocycles. The molecule has 210 valence electrons. The number of nitrogens with zero attached hydrogens (tertiary/aromatic N) is 2. The van der Waals surface area contributed by atoms with Gasteiger partial charge in [0.25, 0.3) is 17.7 Å². The van der Waals surface area contributed by atoms with Crippen LogP contribution in [-0.2, 0) is 14.4 Å². The Labute approximate surface area is 250 Å². The van der Waals surface area contributed by atoms with Crippen molar-refractivity contribution in [2.75, 3.05) is 21.7 Å². The van der Waals surface area contributed by atoms with Gasteiger partial charge < -0.3 is 10.1 Å². The number of thiocarbonyl (C=S) groups is 1. The molecule has 5 rings (SSSR count). The van der Waals surface area contributed by atoms with Crippen LogP contribution in [0.25, 0.3) is 6.08 Å². The van der Waals surface area contributed by atoms with Crippen LogP contribution in [-0.4, -0.2) is 29.4 Å². The minimum atomic E-state index is -0.510. The smallest absolute Gasteiger partial charge is 0.270 e. The van der Waals surface area contributed by atoms with Gasteiger partial charge in [0.05, 0.1) is 11.4 Å². The van der Waals surface area contributed by atoms with E-state index >= 15 is 0 Å². The van der Waals surface area contributed by atoms with E-state index in [-0.39, 0.29) is 23.2 Å². The second-order valence-corrected chi connectivity index (χ2v) is 10.3. The number of hydrogen-bond acceptors (Lipinski definition) is 5. The Morgan fingerprint density at radius 1 is 0.762 bits per heavy atom. The zero-order valence-corrected chi connectivity index (χ0v) is 24.3. The second-order valence-electron chi connectivity index (χ2n) is 9.95. The van der Waals surface area contributed by atoms with Crippen molar-refractivity contribution in [1.82, 2.24) is 0 Å². The van der Waals surface area contributed by atoms with E-state index in [1.165, 1.54) is 9.80 Å². The number of aryl methyl sites for hydroxylation is 3. The van der Waals surface area contributed by atoms with Crippen LogP contribution in [0.4, 0.5) is 17.1 Å². The molecule has 1 saturated heterocycles. The van der Waals surface area contributed by atoms with Crippen molar-refractivity contribution in [3.8, 4) is 5.75 Å². The third-order valence-corrected chi connectivity index (χ3v) is 7.36. The van der Waals surface area contributed by atoms with Crippen molar-refractivity contribution >= 4 is 58.2 Å². The third kappa shape index (κ3) is 5.99. The molecule has 3 amide bonds. The number of anilines is 3. The van der Waals surface area contributed by atoms with Gasteiger partial charge in [-0.15, -0.1) is 0 Å². The molecule has 4 aromatic rings. The number of rotatable bonds is 7. The maximum Gasteiger partial charge on any atom is 0.270 e. The molecule has 0 unspecified atom stereocenters. The Hall–Kier alpha value is -5.08. The molecule has 4 aromatic carbocycles. The largest absolute Gasteiger partial charge is 0.484 e. The lowest BCUT2D eigenvalue weighted by atomic mass is 10.0. The first-order chi connectivity index (χ1) is 20.2. The molecule has 0 aliphatic carbocycles. The summed E-state index contributed by atoms with van der Waals surface area (Å²) in [6, 6.07) is 29.0. The van der Waals surface area contributed by atoms with Crippen LogP contribution in [0.5, 0.6) is 5.75 Å². The summed E-state index contributed by atoms with van der Waals surface area (Å²) < 4.78 is 5.65. The monoisotopic (exact) mass is 575 g/mol. The maximum absolute atomic E-state index is 13.8. The summed E-state index contributed by atoms with van der Waals surface area (Å²) in [5.41, 5.74) is 5.50. The average Bonchev–Trinajstić information content (AvgIpc) is 2.98. The predicted molar refractivity (Wildman–Crippen MR) is 170 cm³/mol. The highest BCUT2D eigenvalue weighted by Gasteiger charge is 2.41. The number of nitrogens with one attached hydrogen (secondary N) is 1. The van der Waals surface area contributed by atoms with E-state index in [1.54, 1.807) is 42.5 Å². The molecule has 0 saturated carbocycles. The summed E-state index contributed by atoms with van der Waals surface area (Å²) in [4.78, 5) is 42.7. The summed E-state index contributed by atoms with van der Waals surface area (Å²) >= 11 is 5.71. The summed E-state index contributed by atoms with van der Waals surface area (Å²) in [5, 5.41) is 2.92. The molecule has 42 heavy (non-hydrogen) atoms. The van der Waals surface area contributed by atoms with E-state index in [2.05, 4.69) is 5.32 Å². The van der Waals surface area contributed by atoms with Crippen molar-refractivity contribution in [3.63, 3.8) is 0 Å². The fraction of sp³-hybridized carbons (Fsp3) is 0.118. The lowest BCUT2D eigenvalue weighted by Gasteiger charge is -2.36. The Morgan fingerprint density at radius 2 is 1.40 bits per heavy atom. The molecule has 0 spiro atoms. The Morgan fingerprint density at radius 3 is 2.07 bits per heavy atom. The second kappa shape index (κ2) is 12.2. The molecule has 0 radical (unpaired) electrons. The number of hydrogen-bond donors (Lipinski definition) is 1. The van der Waals surface area contributed by atoms with Crippen molar-refractivity contribution in [3.05, 3.63) is 125 Å². The molecule has 1 heterocycles. The van der Waals surface area contributed by atoms with E-state index in [0.717, 1.165) is 22.4 Å². The highest BCUT2D eigenvalue weighted by Crippen LogP contribution is 2.31. The quantitative estimate of drug-likeness (QED) is 0.157. The third-order valence-electron chi connectivity index (χ3n) is 6.99. The summed E-state index contributed by atoms with van der Waals surface area (Å²) in [6.45, 7) is 5.70. The number of para-hydroxylation sites is 2. The topological polar surface area (TPSA) is 79.0 Å². The minimum absolute atomic E-state index is 0.0306. The van der Waals surface area contributed by atoms with Gasteiger partial charge in [0.2, 0.25) is 0 Å². The van der Waals surface area contributed by atoms with Gasteiger partial charge in [-0.1, -0.05) is 54.6 Å². The first-order valence-corrected chi connectivity index (χ1v) is 13.8. The molecule has 0 aromatic heterocycles. The highest BCUT2D eigenvalue weighted by atomic mass is 32.1. The minimum Gasteiger partial charge on any atom is -0.484 e. The van der Waals surface area contributed by atoms with Gasteiger partial charge in [-0.3, -0.25) is 24.2 Å². The molecule has 0 bridgehead atoms. The lowest BCUT2D eigenvalue weighted by molar-refractivity contribution is -0.121. The van der Waals surface area contributed by atoms with Crippen LogP contribution >= 0.6 is 12.2 Å². The van der Waals surface area contributed by atoms with Crippen LogP contribution in [0.2, 0.25) is 0 Å². The zero-order valence-electron chi connectivity index (χ0n) is 23.5. The van der Waals surface area contributed by atoms with Crippen molar-refractivity contribution in [2.45, 2.75) is 20.8 Å². The summed E-state index contributed by atoms with van der Waals surface area (Å²) in [5.74, 6) is -0.822. The van der Waals surface area contributed by atoms with Crippen LogP contribution in [0.3, 0.4) is 0 Å². The number of ether oxygens (including phenoxy) is 1. The molecular weight excluding hydrogens is 546 g/mol. The molecule has 7 nitrogen and oxygen atoms in total. The van der Waals surface area contributed by atoms with E-state index < -0.39 is 11.8 Å². The Bertz CT molecular complexity index is 1710. The van der Waals surface area contributed by atoms with Gasteiger partial charge in [0.1, 0.15) is 11.3 Å². The lowest BCUT2D eigenvalue weighted by Crippen LogP contribution is -2.57. The van der Waals surface area contributed by atoms with Gasteiger partial charge in [-0.05, 0) is 104 Å². The van der Waals surface area contributed by atoms with Gasteiger partial charge >= 0.3 is 0 Å². The van der Waals surface area contributed by atoms with Crippen LogP contribution in [0, 0.1) is 20.8 Å². The van der Waals surface area contributed by atoms with Gasteiger partial charge in [0, 0.05) is 5.69 Å². The zero-order chi connectivity index (χ0) is 29.8. The number of carbonyl (C=O) groups is 3. The molecule has 1 fully saturated rings. The summed E-state index contributed by atoms with van der Waals surface area (Å²) in [7, 11) is 0. The Kier molecular flexibility index (Phi) is 8.26. The fourth-order valence-corrected chi connectivity index (χ4v) is 4.88. The standard InChI is InChI=1S/C34H29N3O4S/c1-22-13-16-27(19-24(22)3)37-33(40)29(32(39)36(34(37)42)26-10-5-4-6-11-26)20-25-14-17-28(18-15-25)41-21-31(38)35-30-12-8-7-9-23(30)2/h4-20H,21H2,1-3H3,(H,35,38)/b29-20+. The molecule has 1 N–H and O–H groups in total. The average molecular weight is 576 g/mol. The molecule has 1 aliphatic rings. The van der Waals surface area contributed by atoms with Gasteiger partial charge in [-0.25, -0.2) is 0 Å². The number of amides is 3. The first-order valence-electron chi connectivity index (χ1n) is 13.4. The van der Waals surface area contributed by atoms with Gasteiger partial charge in [0.15, 0.2) is 11.7 Å². The van der Waals surface area contributed by atoms with E-state index in [4.69, 9.17) is 17.0 Å². The first kappa shape index (κ1) is 28.4.